The molecule has 0 radical (unpaired) electrons. The summed E-state index contributed by atoms with van der Waals surface area (Å²) in [6.45, 7) is 1.94. The zero-order valence-corrected chi connectivity index (χ0v) is 7.50. The van der Waals surface area contributed by atoms with Gasteiger partial charge in [0.15, 0.2) is 0 Å². The predicted octanol–water partition coefficient (Wildman–Crippen LogP) is 0.444. The van der Waals surface area contributed by atoms with Crippen LogP contribution in [0.2, 0.25) is 0 Å². The molecule has 0 unspecified atom stereocenters. The first-order chi connectivity index (χ1) is 5.63. The van der Waals surface area contributed by atoms with Gasteiger partial charge in [0.05, 0.1) is 19.2 Å². The van der Waals surface area contributed by atoms with Gasteiger partial charge in [0, 0.05) is 12.7 Å². The fourth-order valence-corrected chi connectivity index (χ4v) is 0.941. The second-order valence-corrected chi connectivity index (χ2v) is 2.65. The highest BCUT2D eigenvalue weighted by molar-refractivity contribution is 5.71. The monoisotopic (exact) mass is 168 g/mol. The number of nitrogens with zero attached hydrogens (tertiary/aromatic N) is 2. The van der Waals surface area contributed by atoms with Gasteiger partial charge in [-0.3, -0.25) is 9.48 Å². The fourth-order valence-electron chi connectivity index (χ4n) is 0.941. The summed E-state index contributed by atoms with van der Waals surface area (Å²) < 4.78 is 6.25. The van der Waals surface area contributed by atoms with Gasteiger partial charge in [-0.05, 0) is 13.0 Å². The van der Waals surface area contributed by atoms with Crippen molar-refractivity contribution in [2.75, 3.05) is 7.11 Å². The van der Waals surface area contributed by atoms with Gasteiger partial charge in [-0.15, -0.1) is 0 Å². The van der Waals surface area contributed by atoms with E-state index in [0.717, 1.165) is 11.4 Å². The molecule has 12 heavy (non-hydrogen) atoms. The molecule has 0 saturated carbocycles. The molecule has 1 aromatic rings. The lowest BCUT2D eigenvalue weighted by Gasteiger charge is -1.93. The number of rotatable bonds is 2. The predicted molar refractivity (Wildman–Crippen MR) is 43.7 cm³/mol. The Bertz CT molecular complexity index is 272. The van der Waals surface area contributed by atoms with E-state index >= 15 is 0 Å². The summed E-state index contributed by atoms with van der Waals surface area (Å²) in [6.07, 6.45) is 0.248. The average Bonchev–Trinajstić information content (AvgIpc) is 2.31. The third-order valence-corrected chi connectivity index (χ3v) is 1.72. The van der Waals surface area contributed by atoms with Crippen LogP contribution in [0, 0.1) is 6.92 Å². The molecule has 0 aromatic carbocycles. The summed E-state index contributed by atoms with van der Waals surface area (Å²) >= 11 is 0. The Morgan fingerprint density at radius 3 is 2.83 bits per heavy atom. The molecule has 0 aliphatic heterocycles. The summed E-state index contributed by atoms with van der Waals surface area (Å²) in [7, 11) is 3.22. The molecule has 4 nitrogen and oxygen atoms in total. The SMILES string of the molecule is COC(=O)Cc1cc(C)n(C)n1. The van der Waals surface area contributed by atoms with Gasteiger partial charge in [-0.1, -0.05) is 0 Å². The van der Waals surface area contributed by atoms with Crippen LogP contribution in [0.3, 0.4) is 0 Å². The summed E-state index contributed by atoms with van der Waals surface area (Å²) in [6, 6.07) is 1.87. The standard InChI is InChI=1S/C8H12N2O2/c1-6-4-7(9-10(6)2)5-8(11)12-3/h4H,5H2,1-3H3. The van der Waals surface area contributed by atoms with Gasteiger partial charge < -0.3 is 4.74 Å². The van der Waals surface area contributed by atoms with Gasteiger partial charge in [-0.25, -0.2) is 0 Å². The molecule has 0 fully saturated rings. The van der Waals surface area contributed by atoms with E-state index in [1.807, 2.05) is 20.0 Å². The molecular weight excluding hydrogens is 156 g/mol. The van der Waals surface area contributed by atoms with Crippen molar-refractivity contribution in [2.45, 2.75) is 13.3 Å². The topological polar surface area (TPSA) is 44.1 Å². The summed E-state index contributed by atoms with van der Waals surface area (Å²) in [5.74, 6) is -0.256. The van der Waals surface area contributed by atoms with Crippen LogP contribution in [0.15, 0.2) is 6.07 Å². The zero-order chi connectivity index (χ0) is 9.14. The molecule has 1 rings (SSSR count). The number of carbonyl (C=O) groups excluding carboxylic acids is 1. The first kappa shape index (κ1) is 8.77. The Morgan fingerprint density at radius 2 is 2.42 bits per heavy atom. The van der Waals surface area contributed by atoms with Crippen LogP contribution in [0.4, 0.5) is 0 Å². The van der Waals surface area contributed by atoms with Crippen molar-refractivity contribution in [3.05, 3.63) is 17.5 Å². The maximum Gasteiger partial charge on any atom is 0.311 e. The molecule has 1 heterocycles. The van der Waals surface area contributed by atoms with Crippen LogP contribution in [0.25, 0.3) is 0 Å². The number of methoxy groups -OCH3 is 1. The second kappa shape index (κ2) is 3.38. The smallest absolute Gasteiger partial charge is 0.311 e. The molecule has 0 saturated heterocycles. The first-order valence-electron chi connectivity index (χ1n) is 3.70. The number of aryl methyl sites for hydroxylation is 2. The molecule has 0 amide bonds. The number of hydrogen-bond acceptors (Lipinski definition) is 3. The highest BCUT2D eigenvalue weighted by Crippen LogP contribution is 2.02. The lowest BCUT2D eigenvalue weighted by Crippen LogP contribution is -2.05. The Hall–Kier alpha value is -1.32. The first-order valence-corrected chi connectivity index (χ1v) is 3.70. The van der Waals surface area contributed by atoms with E-state index in [1.165, 1.54) is 7.11 Å². The van der Waals surface area contributed by atoms with Crippen molar-refractivity contribution in [3.63, 3.8) is 0 Å². The van der Waals surface area contributed by atoms with E-state index < -0.39 is 0 Å². The van der Waals surface area contributed by atoms with E-state index in [4.69, 9.17) is 0 Å². The second-order valence-electron chi connectivity index (χ2n) is 2.65. The van der Waals surface area contributed by atoms with Crippen molar-refractivity contribution in [2.24, 2.45) is 7.05 Å². The third kappa shape index (κ3) is 1.84. The van der Waals surface area contributed by atoms with Crippen LogP contribution in [-0.2, 0) is 23.0 Å². The van der Waals surface area contributed by atoms with Crippen molar-refractivity contribution >= 4 is 5.97 Å². The lowest BCUT2D eigenvalue weighted by molar-refractivity contribution is -0.139. The zero-order valence-electron chi connectivity index (χ0n) is 7.50. The molecule has 0 aliphatic rings. The molecule has 0 spiro atoms. The highest BCUT2D eigenvalue weighted by atomic mass is 16.5. The summed E-state index contributed by atoms with van der Waals surface area (Å²) in [5.41, 5.74) is 1.79. The summed E-state index contributed by atoms with van der Waals surface area (Å²) in [5, 5.41) is 4.11. The van der Waals surface area contributed by atoms with Gasteiger partial charge in [0.25, 0.3) is 0 Å². The van der Waals surface area contributed by atoms with Crippen LogP contribution in [0.1, 0.15) is 11.4 Å². The minimum absolute atomic E-state index is 0.248. The maximum absolute atomic E-state index is 10.8. The minimum Gasteiger partial charge on any atom is -0.469 e. The van der Waals surface area contributed by atoms with Crippen molar-refractivity contribution in [1.82, 2.24) is 9.78 Å². The normalized spacial score (nSPS) is 9.92. The minimum atomic E-state index is -0.256. The van der Waals surface area contributed by atoms with Gasteiger partial charge in [0.2, 0.25) is 0 Å². The van der Waals surface area contributed by atoms with Crippen molar-refractivity contribution in [1.29, 1.82) is 0 Å². The average molecular weight is 168 g/mol. The number of hydrogen-bond donors (Lipinski definition) is 0. The van der Waals surface area contributed by atoms with Gasteiger partial charge in [0.1, 0.15) is 0 Å². The molecule has 0 bridgehead atoms. The van der Waals surface area contributed by atoms with E-state index in [1.54, 1.807) is 4.68 Å². The maximum atomic E-state index is 10.8. The quantitative estimate of drug-likeness (QED) is 0.602. The fraction of sp³-hybridized carbons (Fsp3) is 0.500. The molecule has 4 heteroatoms. The Labute approximate surface area is 71.1 Å². The van der Waals surface area contributed by atoms with E-state index in [0.29, 0.717) is 0 Å². The highest BCUT2D eigenvalue weighted by Gasteiger charge is 2.06. The number of aromatic nitrogens is 2. The third-order valence-electron chi connectivity index (χ3n) is 1.72. The Morgan fingerprint density at radius 1 is 1.75 bits per heavy atom. The molecule has 0 aliphatic carbocycles. The molecule has 1 aromatic heterocycles. The number of ether oxygens (including phenoxy) is 1. The van der Waals surface area contributed by atoms with Gasteiger partial charge >= 0.3 is 5.97 Å². The van der Waals surface area contributed by atoms with E-state index in [-0.39, 0.29) is 12.4 Å². The molecule has 0 atom stereocenters. The summed E-state index contributed by atoms with van der Waals surface area (Å²) in [4.78, 5) is 10.8. The Balaban J connectivity index is 2.70. The van der Waals surface area contributed by atoms with Crippen molar-refractivity contribution in [3.8, 4) is 0 Å². The van der Waals surface area contributed by atoms with Crippen LogP contribution in [-0.4, -0.2) is 22.9 Å². The van der Waals surface area contributed by atoms with E-state index in [9.17, 15) is 4.79 Å². The molecular formula is C8H12N2O2. The van der Waals surface area contributed by atoms with Crippen LogP contribution in [0.5, 0.6) is 0 Å². The molecule has 0 N–H and O–H groups in total. The number of carbonyl (C=O) groups is 1. The van der Waals surface area contributed by atoms with Crippen LogP contribution >= 0.6 is 0 Å². The van der Waals surface area contributed by atoms with Gasteiger partial charge in [-0.2, -0.15) is 5.10 Å². The van der Waals surface area contributed by atoms with Crippen molar-refractivity contribution < 1.29 is 9.53 Å². The largest absolute Gasteiger partial charge is 0.469 e. The van der Waals surface area contributed by atoms with E-state index in [2.05, 4.69) is 9.84 Å². The Kier molecular flexibility index (Phi) is 2.47. The number of esters is 1. The lowest BCUT2D eigenvalue weighted by atomic mass is 10.3. The molecule has 66 valence electrons. The van der Waals surface area contributed by atoms with Crippen LogP contribution < -0.4 is 0 Å².